The maximum Gasteiger partial charge on any atom is 0.416 e. The molecule has 1 amide bonds. The standard InChI is InChI=1S/C21H18F3N3O5/c1-30-17-8-3-13(9-18(17)32-12-19(28)31-2)20(29)26-15-10-25-27(11-15)16-6-4-14(5-7-16)21(22,23)24/h3-11H,12H2,1-2H3,(H,26,29). The number of hydrogen-bond acceptors (Lipinski definition) is 6. The molecule has 0 aliphatic carbocycles. The molecule has 11 heteroatoms. The Morgan fingerprint density at radius 1 is 1.06 bits per heavy atom. The van der Waals surface area contributed by atoms with Crippen LogP contribution in [0.2, 0.25) is 0 Å². The zero-order valence-electron chi connectivity index (χ0n) is 17.0. The molecule has 0 aliphatic heterocycles. The topological polar surface area (TPSA) is 91.7 Å². The Balaban J connectivity index is 1.72. The van der Waals surface area contributed by atoms with Crippen molar-refractivity contribution >= 4 is 17.6 Å². The third kappa shape index (κ3) is 5.36. The van der Waals surface area contributed by atoms with Crippen LogP contribution in [0.4, 0.5) is 18.9 Å². The summed E-state index contributed by atoms with van der Waals surface area (Å²) in [7, 11) is 2.63. The van der Waals surface area contributed by atoms with Gasteiger partial charge in [-0.05, 0) is 42.5 Å². The third-order valence-electron chi connectivity index (χ3n) is 4.30. The van der Waals surface area contributed by atoms with Crippen molar-refractivity contribution in [3.63, 3.8) is 0 Å². The van der Waals surface area contributed by atoms with Crippen molar-refractivity contribution in [2.24, 2.45) is 0 Å². The summed E-state index contributed by atoms with van der Waals surface area (Å²) in [5, 5.41) is 6.69. The Morgan fingerprint density at radius 3 is 2.41 bits per heavy atom. The van der Waals surface area contributed by atoms with Gasteiger partial charge in [-0.15, -0.1) is 0 Å². The number of carbonyl (C=O) groups excluding carboxylic acids is 2. The van der Waals surface area contributed by atoms with E-state index in [1.807, 2.05) is 0 Å². The van der Waals surface area contributed by atoms with Crippen molar-refractivity contribution in [1.82, 2.24) is 9.78 Å². The minimum Gasteiger partial charge on any atom is -0.493 e. The third-order valence-corrected chi connectivity index (χ3v) is 4.30. The van der Waals surface area contributed by atoms with Crippen LogP contribution in [0.3, 0.4) is 0 Å². The summed E-state index contributed by atoms with van der Waals surface area (Å²) in [6.45, 7) is -0.363. The van der Waals surface area contributed by atoms with Crippen LogP contribution < -0.4 is 14.8 Å². The number of aromatic nitrogens is 2. The molecule has 0 saturated carbocycles. The SMILES string of the molecule is COC(=O)COc1cc(C(=O)Nc2cnn(-c3ccc(C(F)(F)F)cc3)c2)ccc1OC. The van der Waals surface area contributed by atoms with Crippen LogP contribution >= 0.6 is 0 Å². The molecular formula is C21H18F3N3O5. The van der Waals surface area contributed by atoms with Gasteiger partial charge in [-0.1, -0.05) is 0 Å². The summed E-state index contributed by atoms with van der Waals surface area (Å²) < 4.78 is 54.4. The van der Waals surface area contributed by atoms with Crippen LogP contribution in [-0.4, -0.2) is 42.5 Å². The Labute approximate surface area is 180 Å². The minimum absolute atomic E-state index is 0.172. The second-order valence-corrected chi connectivity index (χ2v) is 6.40. The van der Waals surface area contributed by atoms with Crippen molar-refractivity contribution in [3.8, 4) is 17.2 Å². The first-order valence-corrected chi connectivity index (χ1v) is 9.12. The molecule has 0 aliphatic rings. The van der Waals surface area contributed by atoms with Crippen LogP contribution in [0.5, 0.6) is 11.5 Å². The molecule has 0 unspecified atom stereocenters. The first kappa shape index (κ1) is 22.7. The van der Waals surface area contributed by atoms with E-state index >= 15 is 0 Å². The normalized spacial score (nSPS) is 11.0. The fourth-order valence-electron chi connectivity index (χ4n) is 2.66. The lowest BCUT2D eigenvalue weighted by atomic mass is 10.2. The molecule has 1 N–H and O–H groups in total. The molecular weight excluding hydrogens is 431 g/mol. The highest BCUT2D eigenvalue weighted by molar-refractivity contribution is 6.04. The lowest BCUT2D eigenvalue weighted by molar-refractivity contribution is -0.143. The molecule has 0 saturated heterocycles. The molecule has 1 heterocycles. The van der Waals surface area contributed by atoms with E-state index in [0.29, 0.717) is 17.1 Å². The van der Waals surface area contributed by atoms with Gasteiger partial charge in [0.05, 0.1) is 43.6 Å². The van der Waals surface area contributed by atoms with Gasteiger partial charge in [0, 0.05) is 5.56 Å². The van der Waals surface area contributed by atoms with Gasteiger partial charge in [-0.3, -0.25) is 4.79 Å². The van der Waals surface area contributed by atoms with Gasteiger partial charge < -0.3 is 19.5 Å². The fraction of sp³-hybridized carbons (Fsp3) is 0.190. The summed E-state index contributed by atoms with van der Waals surface area (Å²) in [6, 6.07) is 8.85. The number of methoxy groups -OCH3 is 2. The van der Waals surface area contributed by atoms with E-state index in [0.717, 1.165) is 12.1 Å². The first-order chi connectivity index (χ1) is 15.2. The number of halogens is 3. The van der Waals surface area contributed by atoms with Crippen molar-refractivity contribution in [1.29, 1.82) is 0 Å². The van der Waals surface area contributed by atoms with Crippen molar-refractivity contribution in [2.45, 2.75) is 6.18 Å². The van der Waals surface area contributed by atoms with E-state index < -0.39 is 23.6 Å². The van der Waals surface area contributed by atoms with Gasteiger partial charge in [0.2, 0.25) is 0 Å². The van der Waals surface area contributed by atoms with Crippen LogP contribution in [0.25, 0.3) is 5.69 Å². The number of hydrogen-bond donors (Lipinski definition) is 1. The van der Waals surface area contributed by atoms with Crippen LogP contribution in [0.1, 0.15) is 15.9 Å². The number of amides is 1. The summed E-state index contributed by atoms with van der Waals surface area (Å²) in [5.74, 6) is -0.605. The number of nitrogens with zero attached hydrogens (tertiary/aromatic N) is 2. The second kappa shape index (κ2) is 9.41. The van der Waals surface area contributed by atoms with Crippen molar-refractivity contribution in [3.05, 3.63) is 66.0 Å². The van der Waals surface area contributed by atoms with Crippen LogP contribution in [-0.2, 0) is 15.7 Å². The highest BCUT2D eigenvalue weighted by atomic mass is 19.4. The largest absolute Gasteiger partial charge is 0.493 e. The van der Waals surface area contributed by atoms with Gasteiger partial charge in [0.15, 0.2) is 18.1 Å². The lowest BCUT2D eigenvalue weighted by Crippen LogP contribution is -2.14. The van der Waals surface area contributed by atoms with Gasteiger partial charge in [0.1, 0.15) is 0 Å². The van der Waals surface area contributed by atoms with E-state index in [2.05, 4.69) is 15.2 Å². The number of alkyl halides is 3. The zero-order chi connectivity index (χ0) is 23.3. The van der Waals surface area contributed by atoms with E-state index in [1.54, 1.807) is 0 Å². The summed E-state index contributed by atoms with van der Waals surface area (Å²) >= 11 is 0. The predicted octanol–water partition coefficient (Wildman–Crippen LogP) is 3.70. The van der Waals surface area contributed by atoms with Crippen molar-refractivity contribution in [2.75, 3.05) is 26.1 Å². The van der Waals surface area contributed by atoms with Gasteiger partial charge in [-0.25, -0.2) is 9.48 Å². The molecule has 3 aromatic rings. The number of ether oxygens (including phenoxy) is 3. The quantitative estimate of drug-likeness (QED) is 0.553. The lowest BCUT2D eigenvalue weighted by Gasteiger charge is -2.11. The Bertz CT molecular complexity index is 1110. The maximum atomic E-state index is 12.7. The zero-order valence-corrected chi connectivity index (χ0v) is 17.0. The minimum atomic E-state index is -4.43. The number of nitrogens with one attached hydrogen (secondary N) is 1. The number of anilines is 1. The average molecular weight is 449 g/mol. The molecule has 8 nitrogen and oxygen atoms in total. The number of benzene rings is 2. The first-order valence-electron chi connectivity index (χ1n) is 9.12. The monoisotopic (exact) mass is 449 g/mol. The molecule has 32 heavy (non-hydrogen) atoms. The summed E-state index contributed by atoms with van der Waals surface area (Å²) in [4.78, 5) is 23.9. The average Bonchev–Trinajstić information content (AvgIpc) is 3.25. The van der Waals surface area contributed by atoms with E-state index in [-0.39, 0.29) is 17.9 Å². The molecule has 0 fully saturated rings. The number of carbonyl (C=O) groups is 2. The van der Waals surface area contributed by atoms with Crippen LogP contribution in [0, 0.1) is 0 Å². The molecule has 2 aromatic carbocycles. The Hall–Kier alpha value is -4.02. The molecule has 3 rings (SSSR count). The molecule has 1 aromatic heterocycles. The molecule has 0 atom stereocenters. The molecule has 0 spiro atoms. The van der Waals surface area contributed by atoms with Crippen molar-refractivity contribution < 1.29 is 37.0 Å². The highest BCUT2D eigenvalue weighted by Gasteiger charge is 2.30. The van der Waals surface area contributed by atoms with Gasteiger partial charge in [-0.2, -0.15) is 18.3 Å². The van der Waals surface area contributed by atoms with E-state index in [1.165, 1.54) is 61.6 Å². The van der Waals surface area contributed by atoms with Crippen LogP contribution in [0.15, 0.2) is 54.9 Å². The molecule has 0 radical (unpaired) electrons. The Morgan fingerprint density at radius 2 is 1.78 bits per heavy atom. The summed E-state index contributed by atoms with van der Waals surface area (Å²) in [5.41, 5.74) is 0.156. The highest BCUT2D eigenvalue weighted by Crippen LogP contribution is 2.30. The Kier molecular flexibility index (Phi) is 6.67. The maximum absolute atomic E-state index is 12.7. The predicted molar refractivity (Wildman–Crippen MR) is 107 cm³/mol. The van der Waals surface area contributed by atoms with Gasteiger partial charge >= 0.3 is 12.1 Å². The molecule has 168 valence electrons. The summed E-state index contributed by atoms with van der Waals surface area (Å²) in [6.07, 6.45) is -1.62. The number of esters is 1. The fourth-order valence-corrected chi connectivity index (χ4v) is 2.66. The van der Waals surface area contributed by atoms with E-state index in [4.69, 9.17) is 9.47 Å². The number of rotatable bonds is 7. The van der Waals surface area contributed by atoms with Gasteiger partial charge in [0.25, 0.3) is 5.91 Å². The molecule has 0 bridgehead atoms. The smallest absolute Gasteiger partial charge is 0.416 e. The van der Waals surface area contributed by atoms with E-state index in [9.17, 15) is 22.8 Å². The second-order valence-electron chi connectivity index (χ2n) is 6.40.